The van der Waals surface area contributed by atoms with Crippen molar-refractivity contribution < 1.29 is 28.6 Å². The topological polar surface area (TPSA) is 78.9 Å². The Hall–Kier alpha value is -3.93. The van der Waals surface area contributed by atoms with Crippen LogP contribution in [0.4, 0.5) is 0 Å². The molecule has 0 heterocycles. The average Bonchev–Trinajstić information content (AvgIpc) is 3.23. The van der Waals surface area contributed by atoms with Gasteiger partial charge in [0.05, 0.1) is 0 Å². The molecule has 0 spiro atoms. The van der Waals surface area contributed by atoms with Crippen molar-refractivity contribution in [3.63, 3.8) is 0 Å². The van der Waals surface area contributed by atoms with Crippen LogP contribution in [-0.2, 0) is 28.6 Å². The van der Waals surface area contributed by atoms with Gasteiger partial charge in [-0.25, -0.2) is 0 Å². The number of unbranched alkanes of at least 4 members (excludes halogenated alkanes) is 11. The van der Waals surface area contributed by atoms with Gasteiger partial charge < -0.3 is 14.2 Å². The van der Waals surface area contributed by atoms with E-state index in [0.717, 1.165) is 89.9 Å². The van der Waals surface area contributed by atoms with Crippen LogP contribution in [0, 0.1) is 0 Å². The summed E-state index contributed by atoms with van der Waals surface area (Å²) in [7, 11) is 0. The molecule has 1 unspecified atom stereocenters. The number of hydrogen-bond donors (Lipinski definition) is 0. The second-order valence-electron chi connectivity index (χ2n) is 14.9. The molecule has 1 atom stereocenters. The SMILES string of the molecule is CC/C=C\C/C=C\C/C=C\C/C=C\C/C=C\C/C=C\CCC(=O)OCC(COC(=O)CCCCCCCCCCCC)OC(=O)CCCC/C=C\C/C=C\C/C=C\CC. The lowest BCUT2D eigenvalue weighted by molar-refractivity contribution is -0.166. The molecule has 0 aliphatic carbocycles. The van der Waals surface area contributed by atoms with Gasteiger partial charge in [-0.1, -0.05) is 188 Å². The minimum Gasteiger partial charge on any atom is -0.462 e. The highest BCUT2D eigenvalue weighted by atomic mass is 16.6. The molecular formula is C53H84O6. The Morgan fingerprint density at radius 3 is 1.14 bits per heavy atom. The number of carbonyl (C=O) groups excluding carboxylic acids is 3. The maximum absolute atomic E-state index is 12.7. The Bertz CT molecular complexity index is 1260. The Morgan fingerprint density at radius 1 is 0.356 bits per heavy atom. The molecule has 0 aromatic heterocycles. The first-order chi connectivity index (χ1) is 29.0. The number of hydrogen-bond acceptors (Lipinski definition) is 6. The molecule has 0 N–H and O–H groups in total. The highest BCUT2D eigenvalue weighted by Gasteiger charge is 2.19. The summed E-state index contributed by atoms with van der Waals surface area (Å²) in [6.45, 7) is 6.26. The second-order valence-corrected chi connectivity index (χ2v) is 14.9. The van der Waals surface area contributed by atoms with Gasteiger partial charge in [0.25, 0.3) is 0 Å². The van der Waals surface area contributed by atoms with E-state index in [1.807, 2.05) is 12.2 Å². The van der Waals surface area contributed by atoms with Crippen molar-refractivity contribution in [2.45, 2.75) is 194 Å². The lowest BCUT2D eigenvalue weighted by Crippen LogP contribution is -2.30. The monoisotopic (exact) mass is 817 g/mol. The van der Waals surface area contributed by atoms with Crippen molar-refractivity contribution in [3.8, 4) is 0 Å². The van der Waals surface area contributed by atoms with Crippen LogP contribution in [0.1, 0.15) is 188 Å². The number of carbonyl (C=O) groups is 3. The van der Waals surface area contributed by atoms with Crippen LogP contribution < -0.4 is 0 Å². The van der Waals surface area contributed by atoms with Gasteiger partial charge >= 0.3 is 17.9 Å². The van der Waals surface area contributed by atoms with Crippen LogP contribution in [0.25, 0.3) is 0 Å². The van der Waals surface area contributed by atoms with Gasteiger partial charge in [0.15, 0.2) is 6.10 Å². The highest BCUT2D eigenvalue weighted by molar-refractivity contribution is 5.71. The fraction of sp³-hybridized carbons (Fsp3) is 0.604. The van der Waals surface area contributed by atoms with Crippen molar-refractivity contribution in [3.05, 3.63) is 109 Å². The summed E-state index contributed by atoms with van der Waals surface area (Å²) in [4.78, 5) is 37.7. The van der Waals surface area contributed by atoms with Crippen LogP contribution in [0.15, 0.2) is 109 Å². The molecule has 0 rings (SSSR count). The summed E-state index contributed by atoms with van der Waals surface area (Å²) in [5.41, 5.74) is 0. The molecule has 332 valence electrons. The average molecular weight is 817 g/mol. The van der Waals surface area contributed by atoms with Crippen LogP contribution in [0.3, 0.4) is 0 Å². The fourth-order valence-corrected chi connectivity index (χ4v) is 5.83. The molecule has 6 nitrogen and oxygen atoms in total. The number of rotatable bonds is 40. The van der Waals surface area contributed by atoms with E-state index in [2.05, 4.69) is 118 Å². The van der Waals surface area contributed by atoms with Gasteiger partial charge in [-0.05, 0) is 89.9 Å². The highest BCUT2D eigenvalue weighted by Crippen LogP contribution is 2.12. The van der Waals surface area contributed by atoms with E-state index in [1.54, 1.807) is 0 Å². The Labute approximate surface area is 361 Å². The molecule has 0 aromatic carbocycles. The first kappa shape index (κ1) is 55.1. The van der Waals surface area contributed by atoms with Gasteiger partial charge in [-0.15, -0.1) is 0 Å². The van der Waals surface area contributed by atoms with E-state index in [9.17, 15) is 14.4 Å². The van der Waals surface area contributed by atoms with Crippen molar-refractivity contribution >= 4 is 17.9 Å². The Morgan fingerprint density at radius 2 is 0.695 bits per heavy atom. The van der Waals surface area contributed by atoms with E-state index in [-0.39, 0.29) is 44.0 Å². The standard InChI is InChI=1S/C53H84O6/c1-4-7-10-13-16-19-22-24-25-26-27-28-29-30-32-34-37-40-43-46-52(55)58-49-50(48-57-51(54)45-42-39-36-33-21-18-15-12-9-6-3)59-53(56)47-44-41-38-35-31-23-20-17-14-11-8-5-2/h7-8,10-11,16-17,19-20,24-25,27-28,30-32,35,37,40,50H,4-6,9,12-15,18,21-23,26,29,33-34,36,38-39,41-49H2,1-3H3/b10-7-,11-8-,19-16-,20-17-,25-24-,28-27-,32-30-,35-31-,40-37-. The molecule has 0 amide bonds. The molecule has 0 saturated carbocycles. The molecule has 0 bridgehead atoms. The normalized spacial score (nSPS) is 13.1. The molecule has 0 fully saturated rings. The lowest BCUT2D eigenvalue weighted by Gasteiger charge is -2.18. The van der Waals surface area contributed by atoms with E-state index in [1.165, 1.54) is 44.9 Å². The van der Waals surface area contributed by atoms with Crippen molar-refractivity contribution in [1.82, 2.24) is 0 Å². The third kappa shape index (κ3) is 45.0. The largest absolute Gasteiger partial charge is 0.462 e. The maximum Gasteiger partial charge on any atom is 0.306 e. The van der Waals surface area contributed by atoms with Crippen molar-refractivity contribution in [1.29, 1.82) is 0 Å². The third-order valence-corrected chi connectivity index (χ3v) is 9.29. The van der Waals surface area contributed by atoms with E-state index in [4.69, 9.17) is 14.2 Å². The van der Waals surface area contributed by atoms with E-state index < -0.39 is 6.10 Å². The predicted octanol–water partition coefficient (Wildman–Crippen LogP) is 15.2. The van der Waals surface area contributed by atoms with E-state index >= 15 is 0 Å². The zero-order chi connectivity index (χ0) is 43.0. The molecule has 6 heteroatoms. The fourth-order valence-electron chi connectivity index (χ4n) is 5.83. The van der Waals surface area contributed by atoms with Crippen LogP contribution in [0.5, 0.6) is 0 Å². The van der Waals surface area contributed by atoms with Gasteiger partial charge in [-0.3, -0.25) is 14.4 Å². The molecule has 0 radical (unpaired) electrons. The van der Waals surface area contributed by atoms with Gasteiger partial charge in [0, 0.05) is 19.3 Å². The maximum atomic E-state index is 12.7. The first-order valence-electron chi connectivity index (χ1n) is 23.4. The molecule has 0 saturated heterocycles. The second kappa shape index (κ2) is 46.8. The molecule has 59 heavy (non-hydrogen) atoms. The summed E-state index contributed by atoms with van der Waals surface area (Å²) >= 11 is 0. The zero-order valence-electron chi connectivity index (χ0n) is 37.7. The number of allylic oxidation sites excluding steroid dienone is 18. The first-order valence-corrected chi connectivity index (χ1v) is 23.4. The summed E-state index contributed by atoms with van der Waals surface area (Å²) in [6.07, 6.45) is 62.3. The molecule has 0 aliphatic rings. The van der Waals surface area contributed by atoms with Crippen molar-refractivity contribution in [2.75, 3.05) is 13.2 Å². The Kier molecular flexibility index (Phi) is 43.6. The molecule has 0 aliphatic heterocycles. The summed E-state index contributed by atoms with van der Waals surface area (Å²) < 4.78 is 16.6. The summed E-state index contributed by atoms with van der Waals surface area (Å²) in [5.74, 6) is -1.06. The predicted molar refractivity (Wildman–Crippen MR) is 251 cm³/mol. The zero-order valence-corrected chi connectivity index (χ0v) is 37.7. The van der Waals surface area contributed by atoms with Crippen LogP contribution >= 0.6 is 0 Å². The summed E-state index contributed by atoms with van der Waals surface area (Å²) in [6, 6.07) is 0. The minimum atomic E-state index is -0.826. The third-order valence-electron chi connectivity index (χ3n) is 9.29. The summed E-state index contributed by atoms with van der Waals surface area (Å²) in [5, 5.41) is 0. The number of ether oxygens (including phenoxy) is 3. The van der Waals surface area contributed by atoms with Gasteiger partial charge in [0.1, 0.15) is 13.2 Å². The van der Waals surface area contributed by atoms with Crippen LogP contribution in [-0.4, -0.2) is 37.2 Å². The molecular weight excluding hydrogens is 733 g/mol. The number of esters is 3. The van der Waals surface area contributed by atoms with Gasteiger partial charge in [-0.2, -0.15) is 0 Å². The quantitative estimate of drug-likeness (QED) is 0.0265. The van der Waals surface area contributed by atoms with Crippen molar-refractivity contribution in [2.24, 2.45) is 0 Å². The van der Waals surface area contributed by atoms with Crippen LogP contribution in [0.2, 0.25) is 0 Å². The van der Waals surface area contributed by atoms with E-state index in [0.29, 0.717) is 19.3 Å². The van der Waals surface area contributed by atoms with Gasteiger partial charge in [0.2, 0.25) is 0 Å². The lowest BCUT2D eigenvalue weighted by atomic mass is 10.1. The smallest absolute Gasteiger partial charge is 0.306 e. The Balaban J connectivity index is 4.54. The molecule has 0 aromatic rings. The minimum absolute atomic E-state index is 0.118.